The molecule has 0 aromatic rings. The van der Waals surface area contributed by atoms with E-state index in [0.717, 1.165) is 25.7 Å². The molecule has 0 aliphatic carbocycles. The molecule has 0 saturated carbocycles. The van der Waals surface area contributed by atoms with Gasteiger partial charge in [0.05, 0.1) is 6.42 Å². The fraction of sp³-hybridized carbons (Fsp3) is 0.800. The van der Waals surface area contributed by atoms with E-state index in [1.165, 1.54) is 12.8 Å². The Labute approximate surface area is 106 Å². The predicted molar refractivity (Wildman–Crippen MR) is 73.1 cm³/mol. The van der Waals surface area contributed by atoms with Crippen LogP contribution < -0.4 is 0 Å². The summed E-state index contributed by atoms with van der Waals surface area (Å²) in [5.74, 6) is -0.105. The van der Waals surface area contributed by atoms with Crippen molar-refractivity contribution in [3.63, 3.8) is 0 Å². The number of carbonyl (C=O) groups is 1. The SMILES string of the molecule is C=CCCCCCC(C)(CC(=O)O)CC(C)C. The molecule has 0 saturated heterocycles. The third-order valence-electron chi connectivity index (χ3n) is 3.17. The third-order valence-corrected chi connectivity index (χ3v) is 3.17. The number of hydrogen-bond acceptors (Lipinski definition) is 1. The van der Waals surface area contributed by atoms with E-state index in [0.29, 0.717) is 12.3 Å². The average Bonchev–Trinajstić information content (AvgIpc) is 2.14. The van der Waals surface area contributed by atoms with Gasteiger partial charge in [-0.25, -0.2) is 0 Å². The van der Waals surface area contributed by atoms with E-state index in [1.807, 2.05) is 6.08 Å². The van der Waals surface area contributed by atoms with Crippen LogP contribution in [0.25, 0.3) is 0 Å². The van der Waals surface area contributed by atoms with Crippen LogP contribution in [-0.4, -0.2) is 11.1 Å². The topological polar surface area (TPSA) is 37.3 Å². The van der Waals surface area contributed by atoms with Gasteiger partial charge in [0.25, 0.3) is 0 Å². The summed E-state index contributed by atoms with van der Waals surface area (Å²) in [6.07, 6.45) is 8.82. The van der Waals surface area contributed by atoms with E-state index >= 15 is 0 Å². The maximum absolute atomic E-state index is 10.9. The van der Waals surface area contributed by atoms with E-state index in [-0.39, 0.29) is 5.41 Å². The van der Waals surface area contributed by atoms with Gasteiger partial charge < -0.3 is 5.11 Å². The van der Waals surface area contributed by atoms with Crippen LogP contribution in [0.5, 0.6) is 0 Å². The Hall–Kier alpha value is -0.790. The highest BCUT2D eigenvalue weighted by atomic mass is 16.4. The quantitative estimate of drug-likeness (QED) is 0.446. The Bertz CT molecular complexity index is 233. The lowest BCUT2D eigenvalue weighted by Crippen LogP contribution is -2.23. The van der Waals surface area contributed by atoms with Gasteiger partial charge in [0.2, 0.25) is 0 Å². The van der Waals surface area contributed by atoms with Crippen LogP contribution in [0.2, 0.25) is 0 Å². The number of rotatable bonds is 10. The minimum Gasteiger partial charge on any atom is -0.481 e. The van der Waals surface area contributed by atoms with Crippen LogP contribution >= 0.6 is 0 Å². The molecule has 0 spiro atoms. The van der Waals surface area contributed by atoms with E-state index in [9.17, 15) is 4.79 Å². The molecule has 2 nitrogen and oxygen atoms in total. The van der Waals surface area contributed by atoms with Gasteiger partial charge in [-0.3, -0.25) is 4.79 Å². The van der Waals surface area contributed by atoms with Gasteiger partial charge in [-0.05, 0) is 37.0 Å². The van der Waals surface area contributed by atoms with Crippen LogP contribution in [0.1, 0.15) is 65.7 Å². The fourth-order valence-electron chi connectivity index (χ4n) is 2.63. The van der Waals surface area contributed by atoms with E-state index < -0.39 is 5.97 Å². The molecule has 1 N–H and O–H groups in total. The maximum Gasteiger partial charge on any atom is 0.303 e. The van der Waals surface area contributed by atoms with Gasteiger partial charge in [-0.1, -0.05) is 39.7 Å². The summed E-state index contributed by atoms with van der Waals surface area (Å²) in [4.78, 5) is 10.9. The van der Waals surface area contributed by atoms with Crippen molar-refractivity contribution in [1.82, 2.24) is 0 Å². The van der Waals surface area contributed by atoms with Gasteiger partial charge in [-0.2, -0.15) is 0 Å². The zero-order valence-corrected chi connectivity index (χ0v) is 11.7. The van der Waals surface area contributed by atoms with Crippen LogP contribution in [-0.2, 0) is 4.79 Å². The molecule has 0 bridgehead atoms. The molecule has 100 valence electrons. The maximum atomic E-state index is 10.9. The van der Waals surface area contributed by atoms with Crippen molar-refractivity contribution in [1.29, 1.82) is 0 Å². The monoisotopic (exact) mass is 240 g/mol. The van der Waals surface area contributed by atoms with E-state index in [2.05, 4.69) is 27.4 Å². The Morgan fingerprint density at radius 1 is 1.35 bits per heavy atom. The summed E-state index contributed by atoms with van der Waals surface area (Å²) < 4.78 is 0. The first kappa shape index (κ1) is 16.2. The largest absolute Gasteiger partial charge is 0.481 e. The number of allylic oxidation sites excluding steroid dienone is 1. The average molecular weight is 240 g/mol. The molecule has 0 fully saturated rings. The smallest absolute Gasteiger partial charge is 0.303 e. The summed E-state index contributed by atoms with van der Waals surface area (Å²) in [5, 5.41) is 8.99. The Morgan fingerprint density at radius 3 is 2.47 bits per heavy atom. The Kier molecular flexibility index (Phi) is 7.94. The number of unbranched alkanes of at least 4 members (excludes halogenated alkanes) is 3. The second-order valence-corrected chi connectivity index (χ2v) is 5.87. The fourth-order valence-corrected chi connectivity index (χ4v) is 2.63. The highest BCUT2D eigenvalue weighted by molar-refractivity contribution is 5.67. The molecular formula is C15H28O2. The van der Waals surface area contributed by atoms with Crippen LogP contribution in [0, 0.1) is 11.3 Å². The molecule has 1 atom stereocenters. The lowest BCUT2D eigenvalue weighted by molar-refractivity contribution is -0.139. The first-order valence-electron chi connectivity index (χ1n) is 6.72. The molecule has 0 rings (SSSR count). The minimum absolute atomic E-state index is 0.0336. The number of hydrogen-bond donors (Lipinski definition) is 1. The van der Waals surface area contributed by atoms with Gasteiger partial charge in [-0.15, -0.1) is 6.58 Å². The Morgan fingerprint density at radius 2 is 2.00 bits per heavy atom. The van der Waals surface area contributed by atoms with Crippen LogP contribution in [0.3, 0.4) is 0 Å². The molecule has 1 unspecified atom stereocenters. The van der Waals surface area contributed by atoms with Crippen molar-refractivity contribution in [2.75, 3.05) is 0 Å². The van der Waals surface area contributed by atoms with Gasteiger partial charge in [0.15, 0.2) is 0 Å². The van der Waals surface area contributed by atoms with Crippen molar-refractivity contribution in [3.05, 3.63) is 12.7 Å². The standard InChI is InChI=1S/C15H28O2/c1-5-6-7-8-9-10-15(4,11-13(2)3)12-14(16)17/h5,13H,1,6-12H2,2-4H3,(H,16,17). The lowest BCUT2D eigenvalue weighted by atomic mass is 9.75. The van der Waals surface area contributed by atoms with Crippen molar-refractivity contribution < 1.29 is 9.90 Å². The molecule has 17 heavy (non-hydrogen) atoms. The van der Waals surface area contributed by atoms with Crippen molar-refractivity contribution in [3.8, 4) is 0 Å². The second kappa shape index (κ2) is 8.32. The van der Waals surface area contributed by atoms with Crippen LogP contribution in [0.4, 0.5) is 0 Å². The lowest BCUT2D eigenvalue weighted by Gasteiger charge is -2.30. The highest BCUT2D eigenvalue weighted by Crippen LogP contribution is 2.35. The number of carboxylic acid groups (broad SMARTS) is 1. The summed E-state index contributed by atoms with van der Waals surface area (Å²) in [6.45, 7) is 10.2. The predicted octanol–water partition coefficient (Wildman–Crippen LogP) is 4.65. The zero-order chi connectivity index (χ0) is 13.3. The van der Waals surface area contributed by atoms with Gasteiger partial charge >= 0.3 is 5.97 Å². The summed E-state index contributed by atoms with van der Waals surface area (Å²) in [5.41, 5.74) is -0.0336. The molecule has 0 aromatic carbocycles. The molecular weight excluding hydrogens is 212 g/mol. The zero-order valence-electron chi connectivity index (χ0n) is 11.7. The first-order chi connectivity index (χ1) is 7.89. The number of aliphatic carboxylic acids is 1. The molecule has 0 heterocycles. The normalized spacial score (nSPS) is 14.6. The third kappa shape index (κ3) is 8.96. The summed E-state index contributed by atoms with van der Waals surface area (Å²) in [7, 11) is 0. The van der Waals surface area contributed by atoms with Crippen molar-refractivity contribution in [2.45, 2.75) is 65.7 Å². The molecule has 0 aliphatic rings. The second-order valence-electron chi connectivity index (χ2n) is 5.87. The first-order valence-corrected chi connectivity index (χ1v) is 6.72. The molecule has 2 heteroatoms. The molecule has 0 radical (unpaired) electrons. The van der Waals surface area contributed by atoms with Gasteiger partial charge in [0, 0.05) is 0 Å². The van der Waals surface area contributed by atoms with E-state index in [4.69, 9.17) is 5.11 Å². The van der Waals surface area contributed by atoms with Crippen molar-refractivity contribution >= 4 is 5.97 Å². The molecule has 0 amide bonds. The van der Waals surface area contributed by atoms with Crippen molar-refractivity contribution in [2.24, 2.45) is 11.3 Å². The van der Waals surface area contributed by atoms with E-state index in [1.54, 1.807) is 0 Å². The summed E-state index contributed by atoms with van der Waals surface area (Å²) >= 11 is 0. The molecule has 0 aliphatic heterocycles. The number of carboxylic acids is 1. The van der Waals surface area contributed by atoms with Gasteiger partial charge in [0.1, 0.15) is 0 Å². The highest BCUT2D eigenvalue weighted by Gasteiger charge is 2.27. The Balaban J connectivity index is 4.09. The summed E-state index contributed by atoms with van der Waals surface area (Å²) in [6, 6.07) is 0. The minimum atomic E-state index is -0.667. The van der Waals surface area contributed by atoms with Crippen LogP contribution in [0.15, 0.2) is 12.7 Å². The molecule has 0 aromatic heterocycles.